The number of carbonyl (C=O) groups is 1. The molecule has 1 aromatic heterocycles. The zero-order valence-corrected chi connectivity index (χ0v) is 25.9. The molecule has 0 bridgehead atoms. The smallest absolute Gasteiger partial charge is 0.227 e. The Balaban J connectivity index is 1.18. The van der Waals surface area contributed by atoms with Crippen molar-refractivity contribution >= 4 is 17.5 Å². The van der Waals surface area contributed by atoms with Crippen molar-refractivity contribution in [3.63, 3.8) is 0 Å². The normalized spacial score (nSPS) is 28.4. The molecule has 4 fully saturated rings. The molecule has 1 aromatic carbocycles. The summed E-state index contributed by atoms with van der Waals surface area (Å²) in [5, 5.41) is 5.20. The van der Waals surface area contributed by atoms with Crippen molar-refractivity contribution in [2.75, 3.05) is 39.4 Å². The maximum atomic E-state index is 14.5. The van der Waals surface area contributed by atoms with Crippen molar-refractivity contribution in [3.8, 4) is 0 Å². The third-order valence-corrected chi connectivity index (χ3v) is 11.5. The van der Waals surface area contributed by atoms with Gasteiger partial charge in [-0.25, -0.2) is 4.98 Å². The Morgan fingerprint density at radius 3 is 2.31 bits per heavy atom. The highest BCUT2D eigenvalue weighted by atomic mass is 35.5. The Morgan fingerprint density at radius 1 is 0.976 bits per heavy atom. The highest BCUT2D eigenvalue weighted by Gasteiger charge is 2.48. The van der Waals surface area contributed by atoms with E-state index in [1.807, 2.05) is 23.1 Å². The number of morpholine rings is 1. The lowest BCUT2D eigenvalue weighted by Gasteiger charge is -2.50. The summed E-state index contributed by atoms with van der Waals surface area (Å²) in [6, 6.07) is 8.53. The average Bonchev–Trinajstić information content (AvgIpc) is 3.55. The van der Waals surface area contributed by atoms with Crippen LogP contribution in [0.15, 0.2) is 36.9 Å². The molecule has 2 aliphatic carbocycles. The Hall–Kier alpha value is -2.00. The van der Waals surface area contributed by atoms with Gasteiger partial charge in [0.2, 0.25) is 5.91 Å². The number of aromatic nitrogens is 3. The molecule has 42 heavy (non-hydrogen) atoms. The van der Waals surface area contributed by atoms with Gasteiger partial charge in [0.25, 0.3) is 0 Å². The van der Waals surface area contributed by atoms with Crippen LogP contribution in [0.5, 0.6) is 0 Å². The first kappa shape index (κ1) is 30.0. The van der Waals surface area contributed by atoms with Gasteiger partial charge >= 0.3 is 0 Å². The van der Waals surface area contributed by atoms with Crippen LogP contribution in [-0.4, -0.2) is 81.4 Å². The first-order valence-electron chi connectivity index (χ1n) is 16.4. The molecule has 9 heteroatoms. The number of halogens is 1. The van der Waals surface area contributed by atoms with E-state index < -0.39 is 5.54 Å². The van der Waals surface area contributed by atoms with Gasteiger partial charge in [0.1, 0.15) is 12.7 Å². The second-order valence-corrected chi connectivity index (χ2v) is 14.0. The molecule has 2 N–H and O–H groups in total. The van der Waals surface area contributed by atoms with Crippen molar-refractivity contribution in [1.29, 1.82) is 0 Å². The molecule has 0 spiro atoms. The number of likely N-dealkylation sites (tertiary alicyclic amines) is 1. The lowest BCUT2D eigenvalue weighted by molar-refractivity contribution is -0.142. The Bertz CT molecular complexity index is 1130. The summed E-state index contributed by atoms with van der Waals surface area (Å²) >= 11 is 6.22. The third-order valence-electron chi connectivity index (χ3n) is 11.3. The van der Waals surface area contributed by atoms with Crippen LogP contribution < -0.4 is 5.73 Å². The quantitative estimate of drug-likeness (QED) is 0.464. The fourth-order valence-electron chi connectivity index (χ4n) is 8.63. The largest absolute Gasteiger partial charge is 0.379 e. The van der Waals surface area contributed by atoms with Crippen molar-refractivity contribution in [2.24, 2.45) is 23.0 Å². The number of piperidine rings is 1. The predicted molar refractivity (Wildman–Crippen MR) is 165 cm³/mol. The molecule has 1 atom stereocenters. The molecule has 2 saturated carbocycles. The molecule has 2 aromatic rings. The number of nitrogens with zero attached hydrogens (tertiary/aromatic N) is 5. The topological polar surface area (TPSA) is 89.5 Å². The lowest BCUT2D eigenvalue weighted by atomic mass is 9.63. The third kappa shape index (κ3) is 6.72. The monoisotopic (exact) mass is 596 g/mol. The summed E-state index contributed by atoms with van der Waals surface area (Å²) in [7, 11) is 0. The van der Waals surface area contributed by atoms with Crippen LogP contribution in [0.3, 0.4) is 0 Å². The molecule has 3 heterocycles. The van der Waals surface area contributed by atoms with Crippen LogP contribution in [0.2, 0.25) is 5.02 Å². The molecular formula is C33H49ClN6O2. The number of hydrogen-bond donors (Lipinski definition) is 1. The fourth-order valence-corrected chi connectivity index (χ4v) is 8.76. The van der Waals surface area contributed by atoms with Crippen LogP contribution in [0.4, 0.5) is 0 Å². The van der Waals surface area contributed by atoms with E-state index in [1.165, 1.54) is 32.1 Å². The molecule has 8 nitrogen and oxygen atoms in total. The minimum Gasteiger partial charge on any atom is -0.379 e. The van der Waals surface area contributed by atoms with Crippen LogP contribution in [0.25, 0.3) is 0 Å². The van der Waals surface area contributed by atoms with E-state index in [0.717, 1.165) is 95.0 Å². The van der Waals surface area contributed by atoms with E-state index in [2.05, 4.69) is 32.0 Å². The lowest BCUT2D eigenvalue weighted by Crippen LogP contribution is -2.60. The molecule has 6 rings (SSSR count). The zero-order valence-electron chi connectivity index (χ0n) is 25.1. The van der Waals surface area contributed by atoms with Crippen molar-refractivity contribution < 1.29 is 9.53 Å². The fraction of sp³-hybridized carbons (Fsp3) is 0.727. The van der Waals surface area contributed by atoms with Gasteiger partial charge in [0.05, 0.1) is 19.1 Å². The number of rotatable bonds is 8. The van der Waals surface area contributed by atoms with E-state index in [1.54, 1.807) is 6.33 Å². The molecule has 1 amide bonds. The second-order valence-electron chi connectivity index (χ2n) is 13.6. The number of hydrogen-bond acceptors (Lipinski definition) is 6. The van der Waals surface area contributed by atoms with Crippen LogP contribution in [0.1, 0.15) is 76.2 Å². The Kier molecular flexibility index (Phi) is 9.53. The Morgan fingerprint density at radius 2 is 1.67 bits per heavy atom. The highest BCUT2D eigenvalue weighted by Crippen LogP contribution is 2.47. The van der Waals surface area contributed by atoms with Crippen LogP contribution >= 0.6 is 11.6 Å². The van der Waals surface area contributed by atoms with Crippen molar-refractivity contribution in [3.05, 3.63) is 47.5 Å². The number of ether oxygens (including phenoxy) is 1. The number of benzene rings is 1. The number of carbonyl (C=O) groups excluding carboxylic acids is 1. The van der Waals surface area contributed by atoms with Gasteiger partial charge in [-0.2, -0.15) is 5.10 Å². The average molecular weight is 597 g/mol. The minimum absolute atomic E-state index is 0.174. The van der Waals surface area contributed by atoms with Crippen molar-refractivity contribution in [1.82, 2.24) is 24.6 Å². The molecule has 0 unspecified atom stereocenters. The van der Waals surface area contributed by atoms with Gasteiger partial charge in [-0.15, -0.1) is 0 Å². The number of amides is 1. The summed E-state index contributed by atoms with van der Waals surface area (Å²) in [5.41, 5.74) is 8.11. The maximum absolute atomic E-state index is 14.5. The highest BCUT2D eigenvalue weighted by molar-refractivity contribution is 6.30. The minimum atomic E-state index is -0.502. The molecule has 230 valence electrons. The summed E-state index contributed by atoms with van der Waals surface area (Å²) in [5.74, 6) is 0.700. The standard InChI is InChI=1S/C33H49ClN6O2/c34-28-8-6-26(7-9-28)22-30(33(35)12-10-29(11-13-33)38-18-20-42-21-19-38)31(41)39-16-14-32(15-17-39,23-40-25-36-24-37-40)27-4-2-1-3-5-27/h6-9,24-25,27,29-30H,1-5,10-23,35H2/t29-,30-,33+/m0/s1. The molecule has 2 aliphatic heterocycles. The predicted octanol–water partition coefficient (Wildman–Crippen LogP) is 4.95. The molecule has 2 saturated heterocycles. The Labute approximate surface area is 256 Å². The molecule has 0 radical (unpaired) electrons. The van der Waals surface area contributed by atoms with Crippen LogP contribution in [-0.2, 0) is 22.5 Å². The maximum Gasteiger partial charge on any atom is 0.227 e. The van der Waals surface area contributed by atoms with E-state index >= 15 is 0 Å². The van der Waals surface area contributed by atoms with Gasteiger partial charge in [-0.3, -0.25) is 14.4 Å². The number of nitrogens with two attached hydrogens (primary N) is 1. The van der Waals surface area contributed by atoms with Gasteiger partial charge in [-0.05, 0) is 86.8 Å². The second kappa shape index (κ2) is 13.3. The van der Waals surface area contributed by atoms with Gasteiger partial charge in [0, 0.05) is 49.3 Å². The van der Waals surface area contributed by atoms with Gasteiger partial charge in [-0.1, -0.05) is 43.0 Å². The van der Waals surface area contributed by atoms with Crippen LogP contribution in [0, 0.1) is 17.3 Å². The summed E-state index contributed by atoms with van der Waals surface area (Å²) in [6.07, 6.45) is 16.6. The zero-order chi connectivity index (χ0) is 29.0. The SMILES string of the molecule is N[C@]1([C@@H](Cc2ccc(Cl)cc2)C(=O)N2CCC(Cn3cncn3)(C3CCCCC3)CC2)CC[C@H](N2CCOCC2)CC1. The van der Waals surface area contributed by atoms with Crippen molar-refractivity contribution in [2.45, 2.75) is 95.2 Å². The van der Waals surface area contributed by atoms with E-state index in [0.29, 0.717) is 18.4 Å². The molecular weight excluding hydrogens is 548 g/mol. The van der Waals surface area contributed by atoms with E-state index in [4.69, 9.17) is 22.1 Å². The summed E-state index contributed by atoms with van der Waals surface area (Å²) < 4.78 is 7.62. The van der Waals surface area contributed by atoms with Gasteiger partial charge in [0.15, 0.2) is 0 Å². The van der Waals surface area contributed by atoms with E-state index in [-0.39, 0.29) is 17.2 Å². The summed E-state index contributed by atoms with van der Waals surface area (Å²) in [4.78, 5) is 23.5. The first-order chi connectivity index (χ1) is 20.4. The van der Waals surface area contributed by atoms with Gasteiger partial charge < -0.3 is 15.4 Å². The summed E-state index contributed by atoms with van der Waals surface area (Å²) in [6.45, 7) is 6.13. The molecule has 4 aliphatic rings. The van der Waals surface area contributed by atoms with E-state index in [9.17, 15) is 4.79 Å². The first-order valence-corrected chi connectivity index (χ1v) is 16.8.